The average Bonchev–Trinajstić information content (AvgIpc) is 3.27. The Morgan fingerprint density at radius 1 is 1.33 bits per heavy atom. The number of carbonyl (C=O) groups is 1. The van der Waals surface area contributed by atoms with Gasteiger partial charge in [0.2, 0.25) is 5.91 Å². The maximum absolute atomic E-state index is 13.2. The van der Waals surface area contributed by atoms with Crippen LogP contribution in [0.25, 0.3) is 0 Å². The molecule has 0 bridgehead atoms. The Kier molecular flexibility index (Phi) is 3.87. The van der Waals surface area contributed by atoms with Gasteiger partial charge in [0.25, 0.3) is 0 Å². The van der Waals surface area contributed by atoms with Gasteiger partial charge in [0.05, 0.1) is 11.5 Å². The van der Waals surface area contributed by atoms with E-state index in [4.69, 9.17) is 11.6 Å². The standard InChI is InChI=1S/C19H22ClN3O/c1-23-12-11-21-17(23)16(13-3-4-13)22-18(24)19(9-2-10-19)14-5-7-15(20)8-6-14/h5-8,11-13,16H,2-4,9-10H2,1H3,(H,22,24). The summed E-state index contributed by atoms with van der Waals surface area (Å²) in [4.78, 5) is 17.7. The van der Waals surface area contributed by atoms with E-state index in [1.54, 1.807) is 6.20 Å². The van der Waals surface area contributed by atoms with Crippen LogP contribution in [-0.2, 0) is 17.3 Å². The van der Waals surface area contributed by atoms with Gasteiger partial charge < -0.3 is 9.88 Å². The first kappa shape index (κ1) is 15.7. The smallest absolute Gasteiger partial charge is 0.231 e. The molecule has 5 heteroatoms. The zero-order chi connectivity index (χ0) is 16.7. The predicted molar refractivity (Wildman–Crippen MR) is 93.8 cm³/mol. The number of halogens is 1. The molecule has 1 amide bonds. The molecule has 2 saturated carbocycles. The first-order chi connectivity index (χ1) is 11.6. The van der Waals surface area contributed by atoms with Crippen molar-refractivity contribution in [3.63, 3.8) is 0 Å². The molecule has 4 nitrogen and oxygen atoms in total. The first-order valence-corrected chi connectivity index (χ1v) is 9.02. The van der Waals surface area contributed by atoms with E-state index in [0.717, 1.165) is 43.5 Å². The molecule has 1 aromatic carbocycles. The lowest BCUT2D eigenvalue weighted by Gasteiger charge is -2.41. The summed E-state index contributed by atoms with van der Waals surface area (Å²) in [6.45, 7) is 0. The number of hydrogen-bond donors (Lipinski definition) is 1. The van der Waals surface area contributed by atoms with Gasteiger partial charge >= 0.3 is 0 Å². The quantitative estimate of drug-likeness (QED) is 0.898. The monoisotopic (exact) mass is 343 g/mol. The van der Waals surface area contributed by atoms with Crippen LogP contribution < -0.4 is 5.32 Å². The van der Waals surface area contributed by atoms with E-state index in [2.05, 4.69) is 10.3 Å². The largest absolute Gasteiger partial charge is 0.345 e. The molecule has 2 aliphatic rings. The van der Waals surface area contributed by atoms with Gasteiger partial charge in [0.1, 0.15) is 5.82 Å². The van der Waals surface area contributed by atoms with Gasteiger partial charge in [-0.3, -0.25) is 4.79 Å². The van der Waals surface area contributed by atoms with E-state index in [9.17, 15) is 4.79 Å². The summed E-state index contributed by atoms with van der Waals surface area (Å²) in [5.74, 6) is 1.60. The lowest BCUT2D eigenvalue weighted by Crippen LogP contribution is -2.50. The molecular weight excluding hydrogens is 322 g/mol. The number of amides is 1. The van der Waals surface area contributed by atoms with Crippen molar-refractivity contribution in [1.82, 2.24) is 14.9 Å². The van der Waals surface area contributed by atoms with Gasteiger partial charge in [0.15, 0.2) is 0 Å². The lowest BCUT2D eigenvalue weighted by atomic mass is 9.63. The second kappa shape index (κ2) is 5.92. The molecule has 2 aliphatic carbocycles. The number of carbonyl (C=O) groups excluding carboxylic acids is 1. The van der Waals surface area contributed by atoms with Gasteiger partial charge in [-0.15, -0.1) is 0 Å². The Morgan fingerprint density at radius 2 is 2.04 bits per heavy atom. The molecule has 0 aliphatic heterocycles. The van der Waals surface area contributed by atoms with Gasteiger partial charge in [-0.1, -0.05) is 30.2 Å². The van der Waals surface area contributed by atoms with E-state index in [0.29, 0.717) is 10.9 Å². The molecule has 24 heavy (non-hydrogen) atoms. The first-order valence-electron chi connectivity index (χ1n) is 8.64. The highest BCUT2D eigenvalue weighted by atomic mass is 35.5. The normalized spacial score (nSPS) is 20.2. The molecule has 1 heterocycles. The Morgan fingerprint density at radius 3 is 2.54 bits per heavy atom. The fourth-order valence-corrected chi connectivity index (χ4v) is 3.85. The molecule has 0 spiro atoms. The molecule has 1 atom stereocenters. The molecule has 1 unspecified atom stereocenters. The highest BCUT2D eigenvalue weighted by Crippen LogP contribution is 2.46. The summed E-state index contributed by atoms with van der Waals surface area (Å²) in [6, 6.07) is 7.76. The zero-order valence-corrected chi connectivity index (χ0v) is 14.6. The lowest BCUT2D eigenvalue weighted by molar-refractivity contribution is -0.131. The van der Waals surface area contributed by atoms with Crippen molar-refractivity contribution in [2.24, 2.45) is 13.0 Å². The summed E-state index contributed by atoms with van der Waals surface area (Å²) in [6.07, 6.45) is 8.95. The Hall–Kier alpha value is -1.81. The van der Waals surface area contributed by atoms with Crippen molar-refractivity contribution >= 4 is 17.5 Å². The Labute approximate surface area is 147 Å². The third-order valence-corrected chi connectivity index (χ3v) is 5.81. The summed E-state index contributed by atoms with van der Waals surface area (Å²) < 4.78 is 2.01. The topological polar surface area (TPSA) is 46.9 Å². The number of benzene rings is 1. The molecule has 0 radical (unpaired) electrons. The van der Waals surface area contributed by atoms with Crippen LogP contribution in [-0.4, -0.2) is 15.5 Å². The highest BCUT2D eigenvalue weighted by Gasteiger charge is 2.47. The summed E-state index contributed by atoms with van der Waals surface area (Å²) in [7, 11) is 1.99. The maximum atomic E-state index is 13.2. The number of nitrogens with zero attached hydrogens (tertiary/aromatic N) is 2. The van der Waals surface area contributed by atoms with Crippen LogP contribution >= 0.6 is 11.6 Å². The molecular formula is C19H22ClN3O. The second-order valence-electron chi connectivity index (χ2n) is 7.13. The minimum Gasteiger partial charge on any atom is -0.345 e. The average molecular weight is 344 g/mol. The predicted octanol–water partition coefficient (Wildman–Crippen LogP) is 3.76. The van der Waals surface area contributed by atoms with Crippen LogP contribution in [0, 0.1) is 5.92 Å². The van der Waals surface area contributed by atoms with Gasteiger partial charge in [0, 0.05) is 24.5 Å². The van der Waals surface area contributed by atoms with E-state index in [1.807, 2.05) is 42.1 Å². The van der Waals surface area contributed by atoms with Crippen molar-refractivity contribution in [3.05, 3.63) is 53.1 Å². The fraction of sp³-hybridized carbons (Fsp3) is 0.474. The third-order valence-electron chi connectivity index (χ3n) is 5.56. The third kappa shape index (κ3) is 2.63. The van der Waals surface area contributed by atoms with Gasteiger partial charge in [-0.05, 0) is 49.3 Å². The molecule has 4 rings (SSSR count). The minimum absolute atomic E-state index is 0.0160. The summed E-state index contributed by atoms with van der Waals surface area (Å²) in [5, 5.41) is 4.03. The number of hydrogen-bond acceptors (Lipinski definition) is 2. The molecule has 1 N–H and O–H groups in total. The van der Waals surface area contributed by atoms with Gasteiger partial charge in [-0.2, -0.15) is 0 Å². The van der Waals surface area contributed by atoms with Crippen LogP contribution in [0.2, 0.25) is 5.02 Å². The van der Waals surface area contributed by atoms with Crippen molar-refractivity contribution in [2.45, 2.75) is 43.6 Å². The molecule has 0 saturated heterocycles. The SMILES string of the molecule is Cn1ccnc1C(NC(=O)C1(c2ccc(Cl)cc2)CCC1)C1CC1. The number of aryl methyl sites for hydroxylation is 1. The van der Waals surface area contributed by atoms with Crippen LogP contribution in [0.5, 0.6) is 0 Å². The second-order valence-corrected chi connectivity index (χ2v) is 7.56. The Balaban J connectivity index is 1.59. The minimum atomic E-state index is -0.400. The highest BCUT2D eigenvalue weighted by molar-refractivity contribution is 6.30. The van der Waals surface area contributed by atoms with Crippen molar-refractivity contribution in [2.75, 3.05) is 0 Å². The van der Waals surface area contributed by atoms with Crippen molar-refractivity contribution < 1.29 is 4.79 Å². The van der Waals surface area contributed by atoms with Crippen LogP contribution in [0.15, 0.2) is 36.7 Å². The van der Waals surface area contributed by atoms with Crippen LogP contribution in [0.4, 0.5) is 0 Å². The number of imidazole rings is 1. The summed E-state index contributed by atoms with van der Waals surface area (Å²) >= 11 is 6.01. The Bertz CT molecular complexity index is 744. The molecule has 1 aromatic heterocycles. The van der Waals surface area contributed by atoms with Crippen LogP contribution in [0.1, 0.15) is 49.5 Å². The number of aromatic nitrogens is 2. The van der Waals surface area contributed by atoms with E-state index < -0.39 is 5.41 Å². The number of nitrogens with one attached hydrogen (secondary N) is 1. The number of rotatable bonds is 5. The van der Waals surface area contributed by atoms with Crippen LogP contribution in [0.3, 0.4) is 0 Å². The molecule has 126 valence electrons. The van der Waals surface area contributed by atoms with Crippen molar-refractivity contribution in [3.8, 4) is 0 Å². The van der Waals surface area contributed by atoms with Gasteiger partial charge in [-0.25, -0.2) is 4.98 Å². The maximum Gasteiger partial charge on any atom is 0.231 e. The molecule has 2 fully saturated rings. The fourth-order valence-electron chi connectivity index (χ4n) is 3.73. The van der Waals surface area contributed by atoms with E-state index >= 15 is 0 Å². The van der Waals surface area contributed by atoms with Crippen molar-refractivity contribution in [1.29, 1.82) is 0 Å². The summed E-state index contributed by atoms with van der Waals surface area (Å²) in [5.41, 5.74) is 0.674. The zero-order valence-electron chi connectivity index (χ0n) is 13.8. The molecule has 2 aromatic rings. The van der Waals surface area contributed by atoms with E-state index in [-0.39, 0.29) is 11.9 Å². The van der Waals surface area contributed by atoms with E-state index in [1.165, 1.54) is 0 Å².